The summed E-state index contributed by atoms with van der Waals surface area (Å²) < 4.78 is 10.6. The number of carbonyl (C=O) groups is 1. The molecule has 0 bridgehead atoms. The van der Waals surface area contributed by atoms with Crippen LogP contribution in [0.2, 0.25) is 0 Å². The van der Waals surface area contributed by atoms with Crippen LogP contribution in [0.1, 0.15) is 27.2 Å². The Bertz CT molecular complexity index is 1020. The van der Waals surface area contributed by atoms with Gasteiger partial charge in [-0.2, -0.15) is 10.2 Å². The second-order valence-corrected chi connectivity index (χ2v) is 6.25. The van der Waals surface area contributed by atoms with Gasteiger partial charge in [0.05, 0.1) is 26.1 Å². The van der Waals surface area contributed by atoms with E-state index in [0.29, 0.717) is 28.5 Å². The Morgan fingerprint density at radius 2 is 1.93 bits per heavy atom. The average molecular weight is 378 g/mol. The van der Waals surface area contributed by atoms with Crippen molar-refractivity contribution in [1.82, 2.24) is 15.6 Å². The molecule has 0 unspecified atom stereocenters. The molecule has 1 aromatic heterocycles. The summed E-state index contributed by atoms with van der Waals surface area (Å²) in [7, 11) is 3.11. The van der Waals surface area contributed by atoms with Crippen molar-refractivity contribution in [3.63, 3.8) is 0 Å². The SMILES string of the molecule is COc1cccc(C=NNC(=O)c2cc(-c3ccc(C)c(C)c3)n[nH]2)c1OC. The van der Waals surface area contributed by atoms with Crippen molar-refractivity contribution in [2.45, 2.75) is 13.8 Å². The molecule has 28 heavy (non-hydrogen) atoms. The maximum atomic E-state index is 12.3. The summed E-state index contributed by atoms with van der Waals surface area (Å²) in [5.41, 5.74) is 7.52. The molecule has 7 nitrogen and oxygen atoms in total. The highest BCUT2D eigenvalue weighted by Gasteiger charge is 2.11. The summed E-state index contributed by atoms with van der Waals surface area (Å²) in [4.78, 5) is 12.3. The lowest BCUT2D eigenvalue weighted by molar-refractivity contribution is 0.0950. The smallest absolute Gasteiger partial charge is 0.289 e. The van der Waals surface area contributed by atoms with Crippen molar-refractivity contribution in [3.8, 4) is 22.8 Å². The highest BCUT2D eigenvalue weighted by Crippen LogP contribution is 2.29. The second-order valence-electron chi connectivity index (χ2n) is 6.25. The van der Waals surface area contributed by atoms with Crippen LogP contribution >= 0.6 is 0 Å². The fourth-order valence-electron chi connectivity index (χ4n) is 2.72. The third-order valence-corrected chi connectivity index (χ3v) is 4.43. The minimum Gasteiger partial charge on any atom is -0.493 e. The fourth-order valence-corrected chi connectivity index (χ4v) is 2.72. The number of hydrazone groups is 1. The maximum Gasteiger partial charge on any atom is 0.289 e. The molecule has 0 aliphatic rings. The van der Waals surface area contributed by atoms with Gasteiger partial charge in [-0.15, -0.1) is 0 Å². The molecule has 0 aliphatic heterocycles. The number of H-pyrrole nitrogens is 1. The van der Waals surface area contributed by atoms with Gasteiger partial charge in [0.2, 0.25) is 0 Å². The van der Waals surface area contributed by atoms with Crippen molar-refractivity contribution in [1.29, 1.82) is 0 Å². The number of hydrogen-bond donors (Lipinski definition) is 2. The molecule has 0 atom stereocenters. The molecule has 3 aromatic rings. The number of aryl methyl sites for hydroxylation is 2. The third-order valence-electron chi connectivity index (χ3n) is 4.43. The van der Waals surface area contributed by atoms with Gasteiger partial charge in [0.25, 0.3) is 5.91 Å². The first-order valence-corrected chi connectivity index (χ1v) is 8.71. The Morgan fingerprint density at radius 1 is 1.11 bits per heavy atom. The number of rotatable bonds is 6. The van der Waals surface area contributed by atoms with Gasteiger partial charge >= 0.3 is 0 Å². The van der Waals surface area contributed by atoms with Gasteiger partial charge in [0.1, 0.15) is 5.69 Å². The predicted octanol–water partition coefficient (Wildman–Crippen LogP) is 3.47. The Labute approximate surface area is 163 Å². The van der Waals surface area contributed by atoms with E-state index in [1.165, 1.54) is 17.3 Å². The summed E-state index contributed by atoms with van der Waals surface area (Å²) in [6.07, 6.45) is 1.50. The van der Waals surface area contributed by atoms with E-state index in [1.54, 1.807) is 26.4 Å². The average Bonchev–Trinajstić information content (AvgIpc) is 3.20. The van der Waals surface area contributed by atoms with Gasteiger partial charge in [0, 0.05) is 11.1 Å². The van der Waals surface area contributed by atoms with Crippen molar-refractivity contribution in [2.24, 2.45) is 5.10 Å². The Hall–Kier alpha value is -3.61. The topological polar surface area (TPSA) is 88.6 Å². The normalized spacial score (nSPS) is 10.9. The van der Waals surface area contributed by atoms with Gasteiger partial charge < -0.3 is 9.47 Å². The standard InChI is InChI=1S/C21H22N4O3/c1-13-8-9-15(10-14(13)2)17-11-18(24-23-17)21(26)25-22-12-16-6-5-7-19(27-3)20(16)28-4/h5-12H,1-4H3,(H,23,24)(H,25,26). The largest absolute Gasteiger partial charge is 0.493 e. The number of nitrogens with zero attached hydrogens (tertiary/aromatic N) is 2. The number of aromatic amines is 1. The molecular formula is C21H22N4O3. The molecule has 0 spiro atoms. The van der Waals surface area contributed by atoms with E-state index in [0.717, 1.165) is 5.56 Å². The molecule has 3 rings (SSSR count). The third kappa shape index (κ3) is 4.03. The lowest BCUT2D eigenvalue weighted by atomic mass is 10.0. The lowest BCUT2D eigenvalue weighted by Crippen LogP contribution is -2.18. The minimum atomic E-state index is -0.388. The highest BCUT2D eigenvalue weighted by atomic mass is 16.5. The number of para-hydroxylation sites is 1. The van der Waals surface area contributed by atoms with Crippen LogP contribution in [0, 0.1) is 13.8 Å². The Morgan fingerprint density at radius 3 is 2.64 bits per heavy atom. The van der Waals surface area contributed by atoms with Crippen LogP contribution in [-0.4, -0.2) is 36.5 Å². The minimum absolute atomic E-state index is 0.322. The van der Waals surface area contributed by atoms with Crippen molar-refractivity contribution in [2.75, 3.05) is 14.2 Å². The van der Waals surface area contributed by atoms with Crippen molar-refractivity contribution < 1.29 is 14.3 Å². The molecular weight excluding hydrogens is 356 g/mol. The summed E-state index contributed by atoms with van der Waals surface area (Å²) >= 11 is 0. The maximum absolute atomic E-state index is 12.3. The highest BCUT2D eigenvalue weighted by molar-refractivity contribution is 5.94. The van der Waals surface area contributed by atoms with E-state index < -0.39 is 0 Å². The fraction of sp³-hybridized carbons (Fsp3) is 0.190. The Balaban J connectivity index is 1.72. The molecule has 0 saturated carbocycles. The molecule has 7 heteroatoms. The summed E-state index contributed by atoms with van der Waals surface area (Å²) in [6.45, 7) is 4.10. The molecule has 1 amide bonds. The molecule has 0 radical (unpaired) electrons. The van der Waals surface area contributed by atoms with Crippen LogP contribution in [0.5, 0.6) is 11.5 Å². The number of hydrogen-bond acceptors (Lipinski definition) is 5. The number of ether oxygens (including phenoxy) is 2. The van der Waals surface area contributed by atoms with Gasteiger partial charge in [-0.05, 0) is 49.2 Å². The first-order valence-electron chi connectivity index (χ1n) is 8.71. The van der Waals surface area contributed by atoms with E-state index in [9.17, 15) is 4.79 Å². The summed E-state index contributed by atoms with van der Waals surface area (Å²) in [5, 5.41) is 11.0. The van der Waals surface area contributed by atoms with E-state index in [2.05, 4.69) is 27.6 Å². The zero-order valence-electron chi connectivity index (χ0n) is 16.2. The molecule has 2 aromatic carbocycles. The van der Waals surface area contributed by atoms with E-state index in [1.807, 2.05) is 37.3 Å². The monoisotopic (exact) mass is 378 g/mol. The quantitative estimate of drug-likeness (QED) is 0.508. The molecule has 0 saturated heterocycles. The number of nitrogens with one attached hydrogen (secondary N) is 2. The summed E-state index contributed by atoms with van der Waals surface area (Å²) in [5.74, 6) is 0.742. The van der Waals surface area contributed by atoms with Crippen LogP contribution in [0.15, 0.2) is 47.6 Å². The zero-order chi connectivity index (χ0) is 20.1. The van der Waals surface area contributed by atoms with E-state index in [4.69, 9.17) is 9.47 Å². The number of amides is 1. The molecule has 0 fully saturated rings. The van der Waals surface area contributed by atoms with Crippen LogP contribution in [-0.2, 0) is 0 Å². The van der Waals surface area contributed by atoms with E-state index in [-0.39, 0.29) is 5.91 Å². The van der Waals surface area contributed by atoms with Crippen LogP contribution in [0.25, 0.3) is 11.3 Å². The second kappa shape index (κ2) is 8.39. The van der Waals surface area contributed by atoms with Gasteiger partial charge in [0.15, 0.2) is 11.5 Å². The molecule has 144 valence electrons. The molecule has 2 N–H and O–H groups in total. The van der Waals surface area contributed by atoms with Gasteiger partial charge in [-0.3, -0.25) is 9.89 Å². The number of benzene rings is 2. The van der Waals surface area contributed by atoms with Gasteiger partial charge in [-0.1, -0.05) is 18.2 Å². The van der Waals surface area contributed by atoms with Crippen LogP contribution in [0.3, 0.4) is 0 Å². The number of carbonyl (C=O) groups excluding carboxylic acids is 1. The number of aromatic nitrogens is 2. The first-order chi connectivity index (χ1) is 13.5. The van der Waals surface area contributed by atoms with E-state index >= 15 is 0 Å². The first kappa shape index (κ1) is 19.2. The number of methoxy groups -OCH3 is 2. The zero-order valence-corrected chi connectivity index (χ0v) is 16.2. The van der Waals surface area contributed by atoms with Crippen LogP contribution in [0.4, 0.5) is 0 Å². The van der Waals surface area contributed by atoms with Crippen LogP contribution < -0.4 is 14.9 Å². The van der Waals surface area contributed by atoms with Gasteiger partial charge in [-0.25, -0.2) is 5.43 Å². The lowest BCUT2D eigenvalue weighted by Gasteiger charge is -2.09. The molecule has 1 heterocycles. The van der Waals surface area contributed by atoms with Crippen molar-refractivity contribution in [3.05, 3.63) is 64.8 Å². The molecule has 0 aliphatic carbocycles. The summed E-state index contributed by atoms with van der Waals surface area (Å²) in [6, 6.07) is 13.2. The van der Waals surface area contributed by atoms with Crippen molar-refractivity contribution >= 4 is 12.1 Å². The predicted molar refractivity (Wildman–Crippen MR) is 108 cm³/mol. The Kier molecular flexibility index (Phi) is 5.74.